The van der Waals surface area contributed by atoms with Crippen molar-refractivity contribution in [2.75, 3.05) is 0 Å². The Bertz CT molecular complexity index is 238. The van der Waals surface area contributed by atoms with Gasteiger partial charge >= 0.3 is 5.97 Å². The quantitative estimate of drug-likeness (QED) is 0.702. The molecule has 16 heavy (non-hydrogen) atoms. The fourth-order valence-corrected chi connectivity index (χ4v) is 1.57. The number of carboxylic acid groups (broad SMARTS) is 1. The van der Waals surface area contributed by atoms with Crippen LogP contribution in [0.1, 0.15) is 47.0 Å². The predicted octanol–water partition coefficient (Wildman–Crippen LogP) is 2.04. The molecule has 0 radical (unpaired) electrons. The average Bonchev–Trinajstić information content (AvgIpc) is 2.16. The second-order valence-electron chi connectivity index (χ2n) is 4.72. The van der Waals surface area contributed by atoms with Gasteiger partial charge in [0.15, 0.2) is 0 Å². The van der Waals surface area contributed by atoms with Gasteiger partial charge in [-0.1, -0.05) is 34.1 Å². The van der Waals surface area contributed by atoms with Gasteiger partial charge in [-0.05, 0) is 18.8 Å². The third kappa shape index (κ3) is 5.73. The van der Waals surface area contributed by atoms with Crippen LogP contribution >= 0.6 is 0 Å². The maximum atomic E-state index is 11.7. The summed E-state index contributed by atoms with van der Waals surface area (Å²) >= 11 is 0. The van der Waals surface area contributed by atoms with Gasteiger partial charge in [0.05, 0.1) is 0 Å². The second-order valence-corrected chi connectivity index (χ2v) is 4.72. The van der Waals surface area contributed by atoms with Crippen LogP contribution in [0.4, 0.5) is 0 Å². The molecular formula is C12H23NO3. The molecule has 0 saturated heterocycles. The van der Waals surface area contributed by atoms with Crippen LogP contribution in [0.15, 0.2) is 0 Å². The van der Waals surface area contributed by atoms with Crippen LogP contribution in [0.3, 0.4) is 0 Å². The predicted molar refractivity (Wildman–Crippen MR) is 63.1 cm³/mol. The van der Waals surface area contributed by atoms with E-state index in [0.717, 1.165) is 12.8 Å². The molecule has 0 aromatic heterocycles. The zero-order valence-electron chi connectivity index (χ0n) is 10.6. The monoisotopic (exact) mass is 229 g/mol. The van der Waals surface area contributed by atoms with E-state index in [2.05, 4.69) is 5.32 Å². The number of hydrogen-bond donors (Lipinski definition) is 2. The van der Waals surface area contributed by atoms with Gasteiger partial charge < -0.3 is 10.4 Å². The minimum absolute atomic E-state index is 0.112. The first-order valence-electron chi connectivity index (χ1n) is 5.91. The highest BCUT2D eigenvalue weighted by Gasteiger charge is 2.23. The van der Waals surface area contributed by atoms with Crippen LogP contribution in [0.2, 0.25) is 0 Å². The summed E-state index contributed by atoms with van der Waals surface area (Å²) in [6.45, 7) is 7.72. The van der Waals surface area contributed by atoms with Crippen LogP contribution in [-0.4, -0.2) is 23.0 Å². The fourth-order valence-electron chi connectivity index (χ4n) is 1.57. The largest absolute Gasteiger partial charge is 0.480 e. The normalized spacial score (nSPS) is 14.6. The van der Waals surface area contributed by atoms with Gasteiger partial charge in [0.1, 0.15) is 6.04 Å². The molecule has 4 nitrogen and oxygen atoms in total. The van der Waals surface area contributed by atoms with Gasteiger partial charge in [-0.15, -0.1) is 0 Å². The van der Waals surface area contributed by atoms with E-state index in [1.165, 1.54) is 0 Å². The molecule has 0 aliphatic rings. The molecule has 0 saturated carbocycles. The molecule has 0 fully saturated rings. The number of amides is 1. The van der Waals surface area contributed by atoms with E-state index in [1.54, 1.807) is 0 Å². The van der Waals surface area contributed by atoms with E-state index in [9.17, 15) is 9.59 Å². The van der Waals surface area contributed by atoms with Gasteiger partial charge in [0, 0.05) is 5.92 Å². The Morgan fingerprint density at radius 3 is 2.19 bits per heavy atom. The third-order valence-electron chi connectivity index (χ3n) is 2.49. The zero-order chi connectivity index (χ0) is 12.7. The van der Waals surface area contributed by atoms with Gasteiger partial charge in [-0.2, -0.15) is 0 Å². The molecule has 0 rings (SSSR count). The van der Waals surface area contributed by atoms with E-state index in [4.69, 9.17) is 5.11 Å². The first kappa shape index (κ1) is 14.9. The Labute approximate surface area is 97.4 Å². The molecule has 94 valence electrons. The van der Waals surface area contributed by atoms with E-state index < -0.39 is 12.0 Å². The summed E-state index contributed by atoms with van der Waals surface area (Å²) in [5.74, 6) is -0.970. The number of nitrogens with one attached hydrogen (secondary N) is 1. The van der Waals surface area contributed by atoms with Crippen molar-refractivity contribution in [3.8, 4) is 0 Å². The molecule has 2 atom stereocenters. The lowest BCUT2D eigenvalue weighted by Gasteiger charge is -2.18. The summed E-state index contributed by atoms with van der Waals surface area (Å²) in [6, 6.07) is -0.758. The zero-order valence-corrected chi connectivity index (χ0v) is 10.6. The highest BCUT2D eigenvalue weighted by Crippen LogP contribution is 2.09. The van der Waals surface area contributed by atoms with Gasteiger partial charge in [-0.3, -0.25) is 4.79 Å². The van der Waals surface area contributed by atoms with Crippen molar-refractivity contribution >= 4 is 11.9 Å². The lowest BCUT2D eigenvalue weighted by atomic mass is 10.0. The highest BCUT2D eigenvalue weighted by atomic mass is 16.4. The Morgan fingerprint density at radius 2 is 1.81 bits per heavy atom. The standard InChI is InChI=1S/C12H23NO3/c1-5-6-9(4)11(14)13-10(12(15)16)7-8(2)3/h8-10H,5-7H2,1-4H3,(H,13,14)(H,15,16)/t9?,10-/m1/s1. The lowest BCUT2D eigenvalue weighted by molar-refractivity contribution is -0.142. The SMILES string of the molecule is CCCC(C)C(=O)N[C@H](CC(C)C)C(=O)O. The Morgan fingerprint density at radius 1 is 1.25 bits per heavy atom. The molecule has 2 N–H and O–H groups in total. The summed E-state index contributed by atoms with van der Waals surface area (Å²) in [4.78, 5) is 22.6. The first-order chi connectivity index (χ1) is 7.38. The number of carboxylic acids is 1. The Kier molecular flexibility index (Phi) is 6.77. The molecule has 4 heteroatoms. The Balaban J connectivity index is 4.28. The average molecular weight is 229 g/mol. The van der Waals surface area contributed by atoms with Crippen molar-refractivity contribution in [2.24, 2.45) is 11.8 Å². The van der Waals surface area contributed by atoms with Crippen LogP contribution < -0.4 is 5.32 Å². The van der Waals surface area contributed by atoms with Crippen LogP contribution in [0, 0.1) is 11.8 Å². The topological polar surface area (TPSA) is 66.4 Å². The molecule has 0 spiro atoms. The van der Waals surface area contributed by atoms with Crippen molar-refractivity contribution in [3.63, 3.8) is 0 Å². The van der Waals surface area contributed by atoms with Crippen LogP contribution in [-0.2, 0) is 9.59 Å². The third-order valence-corrected chi connectivity index (χ3v) is 2.49. The molecule has 0 aliphatic heterocycles. The smallest absolute Gasteiger partial charge is 0.326 e. The maximum Gasteiger partial charge on any atom is 0.326 e. The number of aliphatic carboxylic acids is 1. The molecular weight excluding hydrogens is 206 g/mol. The summed E-state index contributed by atoms with van der Waals surface area (Å²) in [5, 5.41) is 11.6. The number of carbonyl (C=O) groups excluding carboxylic acids is 1. The second kappa shape index (κ2) is 7.25. The number of carbonyl (C=O) groups is 2. The molecule has 1 unspecified atom stereocenters. The van der Waals surface area contributed by atoms with E-state index >= 15 is 0 Å². The fraction of sp³-hybridized carbons (Fsp3) is 0.833. The van der Waals surface area contributed by atoms with Gasteiger partial charge in [0.2, 0.25) is 5.91 Å². The molecule has 0 bridgehead atoms. The van der Waals surface area contributed by atoms with Crippen molar-refractivity contribution in [2.45, 2.75) is 53.0 Å². The van der Waals surface area contributed by atoms with Crippen molar-refractivity contribution < 1.29 is 14.7 Å². The number of hydrogen-bond acceptors (Lipinski definition) is 2. The van der Waals surface area contributed by atoms with Gasteiger partial charge in [-0.25, -0.2) is 4.79 Å². The summed E-state index contributed by atoms with van der Waals surface area (Å²) in [6.07, 6.45) is 2.19. The van der Waals surface area contributed by atoms with Crippen molar-refractivity contribution in [1.29, 1.82) is 0 Å². The maximum absolute atomic E-state index is 11.7. The molecule has 0 aromatic rings. The summed E-state index contributed by atoms with van der Waals surface area (Å²) < 4.78 is 0. The van der Waals surface area contributed by atoms with Gasteiger partial charge in [0.25, 0.3) is 0 Å². The van der Waals surface area contributed by atoms with Crippen LogP contribution in [0.25, 0.3) is 0 Å². The number of rotatable bonds is 7. The van der Waals surface area contributed by atoms with Crippen molar-refractivity contribution in [1.82, 2.24) is 5.32 Å². The first-order valence-corrected chi connectivity index (χ1v) is 5.91. The Hall–Kier alpha value is -1.06. The van der Waals surface area contributed by atoms with Crippen LogP contribution in [0.5, 0.6) is 0 Å². The molecule has 0 heterocycles. The van der Waals surface area contributed by atoms with E-state index in [1.807, 2.05) is 27.7 Å². The summed E-state index contributed by atoms with van der Waals surface area (Å²) in [5.41, 5.74) is 0. The molecule has 0 aromatic carbocycles. The van der Waals surface area contributed by atoms with E-state index in [0.29, 0.717) is 6.42 Å². The van der Waals surface area contributed by atoms with E-state index in [-0.39, 0.29) is 17.7 Å². The van der Waals surface area contributed by atoms with Crippen molar-refractivity contribution in [3.05, 3.63) is 0 Å². The molecule has 1 amide bonds. The minimum atomic E-state index is -0.953. The lowest BCUT2D eigenvalue weighted by Crippen LogP contribution is -2.43. The minimum Gasteiger partial charge on any atom is -0.480 e. The summed E-state index contributed by atoms with van der Waals surface area (Å²) in [7, 11) is 0. The molecule has 0 aliphatic carbocycles. The highest BCUT2D eigenvalue weighted by molar-refractivity contribution is 5.84.